The van der Waals surface area contributed by atoms with Crippen LogP contribution in [0.3, 0.4) is 0 Å². The van der Waals surface area contributed by atoms with Gasteiger partial charge in [-0.1, -0.05) is 23.7 Å². The molecule has 1 unspecified atom stereocenters. The molecular formula is C16H16Cl2O3. The Balaban J connectivity index is 2.52. The molecular weight excluding hydrogens is 311 g/mol. The molecule has 1 atom stereocenters. The van der Waals surface area contributed by atoms with Gasteiger partial charge in [0.2, 0.25) is 0 Å². The summed E-state index contributed by atoms with van der Waals surface area (Å²) in [7, 11) is 4.76. The lowest BCUT2D eigenvalue weighted by atomic mass is 10.0. The highest BCUT2D eigenvalue weighted by atomic mass is 35.5. The average molecular weight is 327 g/mol. The number of hydrogen-bond acceptors (Lipinski definition) is 3. The second-order valence-corrected chi connectivity index (χ2v) is 5.23. The van der Waals surface area contributed by atoms with E-state index in [0.29, 0.717) is 22.3 Å². The quantitative estimate of drug-likeness (QED) is 0.746. The number of halogens is 2. The summed E-state index contributed by atoms with van der Waals surface area (Å²) in [5.41, 5.74) is 1.66. The van der Waals surface area contributed by atoms with E-state index in [0.717, 1.165) is 11.1 Å². The Labute approximate surface area is 134 Å². The van der Waals surface area contributed by atoms with Gasteiger partial charge in [-0.15, -0.1) is 11.6 Å². The van der Waals surface area contributed by atoms with Crippen molar-refractivity contribution in [2.45, 2.75) is 5.38 Å². The molecule has 0 saturated carbocycles. The van der Waals surface area contributed by atoms with Crippen LogP contribution < -0.4 is 14.2 Å². The first-order chi connectivity index (χ1) is 10.1. The number of rotatable bonds is 5. The van der Waals surface area contributed by atoms with E-state index in [1.807, 2.05) is 12.1 Å². The van der Waals surface area contributed by atoms with Gasteiger partial charge in [-0.3, -0.25) is 0 Å². The molecule has 0 N–H and O–H groups in total. The summed E-state index contributed by atoms with van der Waals surface area (Å²) >= 11 is 12.5. The monoisotopic (exact) mass is 326 g/mol. The standard InChI is InChI=1S/C16H16Cl2O3/c1-19-12-8-13(20-2)15(14(9-12)21-3)16(18)10-4-6-11(17)7-5-10/h4-9,16H,1-3H3. The molecule has 0 aliphatic rings. The molecule has 2 aromatic carbocycles. The lowest BCUT2D eigenvalue weighted by molar-refractivity contribution is 0.369. The molecule has 0 spiro atoms. The Morgan fingerprint density at radius 2 is 1.38 bits per heavy atom. The van der Waals surface area contributed by atoms with Crippen LogP contribution in [0.5, 0.6) is 17.2 Å². The van der Waals surface area contributed by atoms with E-state index in [9.17, 15) is 0 Å². The third-order valence-electron chi connectivity index (χ3n) is 3.17. The van der Waals surface area contributed by atoms with E-state index in [2.05, 4.69) is 0 Å². The second kappa shape index (κ2) is 6.92. The molecule has 0 radical (unpaired) electrons. The largest absolute Gasteiger partial charge is 0.496 e. The molecule has 2 rings (SSSR count). The van der Waals surface area contributed by atoms with Gasteiger partial charge in [-0.25, -0.2) is 0 Å². The zero-order valence-corrected chi connectivity index (χ0v) is 13.5. The molecule has 0 aliphatic heterocycles. The van der Waals surface area contributed by atoms with Crippen molar-refractivity contribution in [3.05, 3.63) is 52.5 Å². The Hall–Kier alpha value is -1.58. The van der Waals surface area contributed by atoms with Gasteiger partial charge in [0.25, 0.3) is 0 Å². The molecule has 0 bridgehead atoms. The minimum Gasteiger partial charge on any atom is -0.496 e. The van der Waals surface area contributed by atoms with E-state index in [4.69, 9.17) is 37.4 Å². The molecule has 112 valence electrons. The zero-order valence-electron chi connectivity index (χ0n) is 12.0. The third-order valence-corrected chi connectivity index (χ3v) is 3.89. The van der Waals surface area contributed by atoms with E-state index < -0.39 is 5.38 Å². The Morgan fingerprint density at radius 1 is 0.857 bits per heavy atom. The highest BCUT2D eigenvalue weighted by Crippen LogP contribution is 2.43. The summed E-state index contributed by atoms with van der Waals surface area (Å²) in [5, 5.41) is 0.245. The number of benzene rings is 2. The van der Waals surface area contributed by atoms with Crippen LogP contribution >= 0.6 is 23.2 Å². The van der Waals surface area contributed by atoms with Crippen LogP contribution in [0.2, 0.25) is 5.02 Å². The van der Waals surface area contributed by atoms with E-state index in [1.165, 1.54) is 0 Å². The van der Waals surface area contributed by atoms with Crippen LogP contribution in [0, 0.1) is 0 Å². The molecule has 3 nitrogen and oxygen atoms in total. The topological polar surface area (TPSA) is 27.7 Å². The smallest absolute Gasteiger partial charge is 0.131 e. The predicted molar refractivity (Wildman–Crippen MR) is 85.2 cm³/mol. The van der Waals surface area contributed by atoms with Crippen molar-refractivity contribution in [2.24, 2.45) is 0 Å². The lowest BCUT2D eigenvalue weighted by Crippen LogP contribution is -2.02. The molecule has 0 aliphatic carbocycles. The van der Waals surface area contributed by atoms with Crippen molar-refractivity contribution in [3.63, 3.8) is 0 Å². The van der Waals surface area contributed by atoms with Crippen LogP contribution in [0.15, 0.2) is 36.4 Å². The van der Waals surface area contributed by atoms with Gasteiger partial charge in [0, 0.05) is 17.2 Å². The Kier molecular flexibility index (Phi) is 5.21. The summed E-state index contributed by atoms with van der Waals surface area (Å²) in [4.78, 5) is 0. The van der Waals surface area contributed by atoms with Crippen molar-refractivity contribution in [1.82, 2.24) is 0 Å². The molecule has 0 aromatic heterocycles. The summed E-state index contributed by atoms with van der Waals surface area (Å²) < 4.78 is 16.1. The van der Waals surface area contributed by atoms with Crippen molar-refractivity contribution in [2.75, 3.05) is 21.3 Å². The summed E-state index contributed by atoms with van der Waals surface area (Å²) in [5.74, 6) is 1.87. The second-order valence-electron chi connectivity index (χ2n) is 4.36. The summed E-state index contributed by atoms with van der Waals surface area (Å²) in [6.45, 7) is 0. The van der Waals surface area contributed by atoms with Crippen LogP contribution in [0.25, 0.3) is 0 Å². The number of hydrogen-bond donors (Lipinski definition) is 0. The molecule has 21 heavy (non-hydrogen) atoms. The fourth-order valence-corrected chi connectivity index (χ4v) is 2.57. The van der Waals surface area contributed by atoms with Crippen LogP contribution in [0.4, 0.5) is 0 Å². The SMILES string of the molecule is COc1cc(OC)c(C(Cl)c2ccc(Cl)cc2)c(OC)c1. The number of ether oxygens (including phenoxy) is 3. The molecule has 0 amide bonds. The molecule has 0 heterocycles. The predicted octanol–water partition coefficient (Wildman–Crippen LogP) is 4.69. The first kappa shape index (κ1) is 15.8. The zero-order chi connectivity index (χ0) is 15.4. The van der Waals surface area contributed by atoms with Crippen LogP contribution in [-0.4, -0.2) is 21.3 Å². The van der Waals surface area contributed by atoms with Gasteiger partial charge in [0.15, 0.2) is 0 Å². The Bertz CT molecular complexity index is 586. The van der Waals surface area contributed by atoms with Crippen LogP contribution in [0.1, 0.15) is 16.5 Å². The highest BCUT2D eigenvalue weighted by molar-refractivity contribution is 6.30. The van der Waals surface area contributed by atoms with E-state index in [-0.39, 0.29) is 0 Å². The van der Waals surface area contributed by atoms with Crippen molar-refractivity contribution in [1.29, 1.82) is 0 Å². The normalized spacial score (nSPS) is 11.9. The van der Waals surface area contributed by atoms with Gasteiger partial charge in [0.05, 0.1) is 32.3 Å². The summed E-state index contributed by atoms with van der Waals surface area (Å²) in [6.07, 6.45) is 0. The average Bonchev–Trinajstić information content (AvgIpc) is 2.53. The third kappa shape index (κ3) is 3.36. The molecule has 0 fully saturated rings. The maximum Gasteiger partial charge on any atom is 0.131 e. The first-order valence-corrected chi connectivity index (χ1v) is 7.11. The maximum atomic E-state index is 6.60. The Morgan fingerprint density at radius 3 is 1.81 bits per heavy atom. The van der Waals surface area contributed by atoms with Crippen molar-refractivity contribution >= 4 is 23.2 Å². The fourth-order valence-electron chi connectivity index (χ4n) is 2.08. The minimum atomic E-state index is -0.418. The maximum absolute atomic E-state index is 6.60. The van der Waals surface area contributed by atoms with Gasteiger partial charge in [-0.2, -0.15) is 0 Å². The highest BCUT2D eigenvalue weighted by Gasteiger charge is 2.22. The molecule has 5 heteroatoms. The van der Waals surface area contributed by atoms with Gasteiger partial charge in [0.1, 0.15) is 17.2 Å². The van der Waals surface area contributed by atoms with Gasteiger partial charge >= 0.3 is 0 Å². The number of methoxy groups -OCH3 is 3. The van der Waals surface area contributed by atoms with Gasteiger partial charge in [-0.05, 0) is 17.7 Å². The van der Waals surface area contributed by atoms with Crippen molar-refractivity contribution in [3.8, 4) is 17.2 Å². The van der Waals surface area contributed by atoms with Crippen LogP contribution in [-0.2, 0) is 0 Å². The first-order valence-electron chi connectivity index (χ1n) is 6.30. The molecule has 0 saturated heterocycles. The van der Waals surface area contributed by atoms with E-state index >= 15 is 0 Å². The fraction of sp³-hybridized carbons (Fsp3) is 0.250. The molecule has 2 aromatic rings. The lowest BCUT2D eigenvalue weighted by Gasteiger charge is -2.19. The van der Waals surface area contributed by atoms with E-state index in [1.54, 1.807) is 45.6 Å². The number of alkyl halides is 1. The van der Waals surface area contributed by atoms with Gasteiger partial charge < -0.3 is 14.2 Å². The summed E-state index contributed by atoms with van der Waals surface area (Å²) in [6, 6.07) is 10.9. The van der Waals surface area contributed by atoms with Crippen molar-refractivity contribution < 1.29 is 14.2 Å². The minimum absolute atomic E-state index is 0.418.